The first-order chi connectivity index (χ1) is 18.2. The Balaban J connectivity index is 1.09. The molecule has 0 atom stereocenters. The highest BCUT2D eigenvalue weighted by atomic mass is 16.3. The Hall–Kier alpha value is -4.00. The average Bonchev–Trinajstić information content (AvgIpc) is 3.32. The normalized spacial score (nSPS) is 13.7. The lowest BCUT2D eigenvalue weighted by atomic mass is 10.1. The summed E-state index contributed by atoms with van der Waals surface area (Å²) in [5, 5.41) is 13.9. The molecule has 1 fully saturated rings. The molecule has 2 heterocycles. The molecule has 0 aliphatic carbocycles. The molecule has 192 valence electrons. The lowest BCUT2D eigenvalue weighted by molar-refractivity contribution is 0.475. The van der Waals surface area contributed by atoms with E-state index >= 15 is 0 Å². The third-order valence-electron chi connectivity index (χ3n) is 7.15. The van der Waals surface area contributed by atoms with Crippen LogP contribution >= 0.6 is 0 Å². The number of piperazine rings is 1. The Morgan fingerprint density at radius 1 is 0.676 bits per heavy atom. The molecule has 0 bridgehead atoms. The number of phenols is 1. The number of benzene rings is 3. The second kappa shape index (κ2) is 11.8. The van der Waals surface area contributed by atoms with Gasteiger partial charge in [0.15, 0.2) is 0 Å². The summed E-state index contributed by atoms with van der Waals surface area (Å²) in [6.45, 7) is 4.34. The van der Waals surface area contributed by atoms with E-state index in [0.29, 0.717) is 12.3 Å². The number of hydrogen-bond donors (Lipinski definition) is 1. The molecule has 4 aromatic rings. The molecule has 0 unspecified atom stereocenters. The van der Waals surface area contributed by atoms with E-state index in [9.17, 15) is 9.90 Å². The Kier molecular flexibility index (Phi) is 7.89. The molecule has 1 saturated heterocycles. The van der Waals surface area contributed by atoms with Gasteiger partial charge in [-0.15, -0.1) is 0 Å². The van der Waals surface area contributed by atoms with Crippen molar-refractivity contribution >= 4 is 11.4 Å². The van der Waals surface area contributed by atoms with Crippen molar-refractivity contribution in [1.29, 1.82) is 0 Å². The topological polar surface area (TPSA) is 66.5 Å². The van der Waals surface area contributed by atoms with Gasteiger partial charge in [-0.3, -0.25) is 0 Å². The summed E-state index contributed by atoms with van der Waals surface area (Å²) in [5.74, 6) is 0.293. The summed E-state index contributed by atoms with van der Waals surface area (Å²) in [5.41, 5.74) is 4.44. The zero-order valence-electron chi connectivity index (χ0n) is 21.2. The third kappa shape index (κ3) is 6.23. The lowest BCUT2D eigenvalue weighted by Gasteiger charge is -2.37. The molecule has 7 heteroatoms. The summed E-state index contributed by atoms with van der Waals surface area (Å²) in [7, 11) is 0. The van der Waals surface area contributed by atoms with Gasteiger partial charge >= 0.3 is 5.69 Å². The van der Waals surface area contributed by atoms with Crippen LogP contribution in [0.1, 0.15) is 31.2 Å². The molecular weight excluding hydrogens is 462 g/mol. The highest BCUT2D eigenvalue weighted by molar-refractivity contribution is 5.54. The van der Waals surface area contributed by atoms with Crippen LogP contribution in [0.25, 0.3) is 5.69 Å². The van der Waals surface area contributed by atoms with Crippen molar-refractivity contribution in [1.82, 2.24) is 14.3 Å². The fourth-order valence-corrected chi connectivity index (χ4v) is 4.97. The highest BCUT2D eigenvalue weighted by Gasteiger charge is 2.18. The Labute approximate surface area is 218 Å². The number of anilines is 2. The maximum Gasteiger partial charge on any atom is 0.350 e. The second-order valence-electron chi connectivity index (χ2n) is 9.66. The number of aromatic nitrogens is 3. The van der Waals surface area contributed by atoms with Gasteiger partial charge in [-0.2, -0.15) is 5.10 Å². The molecule has 0 amide bonds. The minimum Gasteiger partial charge on any atom is -0.508 e. The largest absolute Gasteiger partial charge is 0.508 e. The van der Waals surface area contributed by atoms with Crippen LogP contribution in [0.3, 0.4) is 0 Å². The van der Waals surface area contributed by atoms with E-state index in [0.717, 1.165) is 68.9 Å². The molecule has 37 heavy (non-hydrogen) atoms. The van der Waals surface area contributed by atoms with Gasteiger partial charge in [0.1, 0.15) is 12.1 Å². The predicted octanol–water partition coefficient (Wildman–Crippen LogP) is 4.87. The molecule has 0 saturated carbocycles. The molecule has 0 spiro atoms. The molecular formula is C30H35N5O2. The Morgan fingerprint density at radius 2 is 1.24 bits per heavy atom. The number of aromatic hydroxyl groups is 1. The molecule has 1 aliphatic rings. The zero-order valence-corrected chi connectivity index (χ0v) is 21.2. The van der Waals surface area contributed by atoms with E-state index in [4.69, 9.17) is 0 Å². The van der Waals surface area contributed by atoms with Crippen LogP contribution in [-0.4, -0.2) is 45.6 Å². The van der Waals surface area contributed by atoms with E-state index in [1.165, 1.54) is 12.0 Å². The summed E-state index contributed by atoms with van der Waals surface area (Å²) in [4.78, 5) is 17.6. The first kappa shape index (κ1) is 24.7. The van der Waals surface area contributed by atoms with E-state index in [1.807, 2.05) is 24.3 Å². The standard InChI is InChI=1S/C30H35N5O2/c36-29-17-15-27(16-18-29)33-22-20-32(21-23-33)26-11-13-28(14-12-26)34-24-31-35(30(34)37)19-7-2-1-4-8-25-9-5-3-6-10-25/h3,5-6,9-18,24,36H,1-2,4,7-8,19-23H2. The number of unbranched alkanes of at least 4 members (excludes halogenated alkanes) is 3. The first-order valence-electron chi connectivity index (χ1n) is 13.3. The third-order valence-corrected chi connectivity index (χ3v) is 7.15. The van der Waals surface area contributed by atoms with Gasteiger partial charge in [0.25, 0.3) is 0 Å². The predicted molar refractivity (Wildman–Crippen MR) is 149 cm³/mol. The van der Waals surface area contributed by atoms with Crippen LogP contribution in [0, 0.1) is 0 Å². The number of nitrogens with zero attached hydrogens (tertiary/aromatic N) is 5. The van der Waals surface area contributed by atoms with Crippen molar-refractivity contribution in [3.05, 3.63) is 101 Å². The molecule has 5 rings (SSSR count). The lowest BCUT2D eigenvalue weighted by Crippen LogP contribution is -2.46. The monoisotopic (exact) mass is 497 g/mol. The fourth-order valence-electron chi connectivity index (χ4n) is 4.97. The van der Waals surface area contributed by atoms with Crippen molar-refractivity contribution in [2.75, 3.05) is 36.0 Å². The van der Waals surface area contributed by atoms with Gasteiger partial charge in [0, 0.05) is 44.1 Å². The van der Waals surface area contributed by atoms with Gasteiger partial charge in [-0.1, -0.05) is 43.2 Å². The SMILES string of the molecule is O=c1n(-c2ccc(N3CCN(c4ccc(O)cc4)CC3)cc2)cnn1CCCCCCc1ccccc1. The van der Waals surface area contributed by atoms with Gasteiger partial charge in [-0.05, 0) is 73.4 Å². The van der Waals surface area contributed by atoms with Gasteiger partial charge < -0.3 is 14.9 Å². The average molecular weight is 498 g/mol. The maximum absolute atomic E-state index is 12.9. The smallest absolute Gasteiger partial charge is 0.350 e. The van der Waals surface area contributed by atoms with Crippen molar-refractivity contribution in [2.45, 2.75) is 38.6 Å². The molecule has 1 aromatic heterocycles. The van der Waals surface area contributed by atoms with Crippen LogP contribution < -0.4 is 15.5 Å². The minimum absolute atomic E-state index is 0.0838. The molecule has 1 aliphatic heterocycles. The maximum atomic E-state index is 12.9. The summed E-state index contributed by atoms with van der Waals surface area (Å²) in [6.07, 6.45) is 7.13. The van der Waals surface area contributed by atoms with Crippen molar-refractivity contribution in [3.63, 3.8) is 0 Å². The Bertz CT molecular complexity index is 1300. The minimum atomic E-state index is -0.0838. The molecule has 3 aromatic carbocycles. The van der Waals surface area contributed by atoms with E-state index in [2.05, 4.69) is 57.4 Å². The number of aryl methyl sites for hydroxylation is 2. The van der Waals surface area contributed by atoms with Gasteiger partial charge in [-0.25, -0.2) is 14.0 Å². The van der Waals surface area contributed by atoms with Gasteiger partial charge in [0.05, 0.1) is 5.69 Å². The van der Waals surface area contributed by atoms with Crippen LogP contribution in [0.2, 0.25) is 0 Å². The van der Waals surface area contributed by atoms with Crippen molar-refractivity contribution < 1.29 is 5.11 Å². The molecule has 7 nitrogen and oxygen atoms in total. The molecule has 0 radical (unpaired) electrons. The summed E-state index contributed by atoms with van der Waals surface area (Å²) >= 11 is 0. The van der Waals surface area contributed by atoms with E-state index < -0.39 is 0 Å². The quantitative estimate of drug-likeness (QED) is 0.317. The van der Waals surface area contributed by atoms with Crippen LogP contribution in [0.5, 0.6) is 5.75 Å². The summed E-state index contributed by atoms with van der Waals surface area (Å²) in [6, 6.07) is 26.2. The van der Waals surface area contributed by atoms with Gasteiger partial charge in [0.2, 0.25) is 0 Å². The fraction of sp³-hybridized carbons (Fsp3) is 0.333. The number of rotatable bonds is 10. The number of hydrogen-bond acceptors (Lipinski definition) is 5. The van der Waals surface area contributed by atoms with Crippen LogP contribution in [-0.2, 0) is 13.0 Å². The molecule has 1 N–H and O–H groups in total. The highest BCUT2D eigenvalue weighted by Crippen LogP contribution is 2.23. The Morgan fingerprint density at radius 3 is 1.89 bits per heavy atom. The number of phenolic OH excluding ortho intramolecular Hbond substituents is 1. The first-order valence-corrected chi connectivity index (χ1v) is 13.3. The van der Waals surface area contributed by atoms with Crippen molar-refractivity contribution in [3.8, 4) is 11.4 Å². The zero-order chi connectivity index (χ0) is 25.5. The van der Waals surface area contributed by atoms with E-state index in [-0.39, 0.29) is 5.69 Å². The second-order valence-corrected chi connectivity index (χ2v) is 9.66. The van der Waals surface area contributed by atoms with Crippen LogP contribution in [0.4, 0.5) is 11.4 Å². The van der Waals surface area contributed by atoms with Crippen LogP contribution in [0.15, 0.2) is 90.0 Å². The van der Waals surface area contributed by atoms with E-state index in [1.54, 1.807) is 27.7 Å². The summed E-state index contributed by atoms with van der Waals surface area (Å²) < 4.78 is 3.20. The van der Waals surface area contributed by atoms with Crippen molar-refractivity contribution in [2.24, 2.45) is 0 Å².